The molecule has 3 heteroatoms. The van der Waals surface area contributed by atoms with E-state index in [2.05, 4.69) is 13.8 Å². The molecule has 3 nitrogen and oxygen atoms in total. The van der Waals surface area contributed by atoms with Gasteiger partial charge in [0.15, 0.2) is 0 Å². The Hall–Kier alpha value is -1.35. The van der Waals surface area contributed by atoms with E-state index in [9.17, 15) is 9.90 Å². The van der Waals surface area contributed by atoms with Crippen molar-refractivity contribution in [1.82, 2.24) is 0 Å². The van der Waals surface area contributed by atoms with Gasteiger partial charge in [-0.2, -0.15) is 0 Å². The number of carbonyl (C=O) groups is 1. The van der Waals surface area contributed by atoms with E-state index in [1.165, 1.54) is 38.5 Å². The van der Waals surface area contributed by atoms with Crippen LogP contribution in [0.15, 0.2) is 30.3 Å². The first-order chi connectivity index (χ1) is 13.9. The van der Waals surface area contributed by atoms with Crippen LogP contribution in [0.25, 0.3) is 0 Å². The lowest BCUT2D eigenvalue weighted by atomic mass is 9.45. The van der Waals surface area contributed by atoms with Crippen LogP contribution in [0.5, 0.6) is 0 Å². The van der Waals surface area contributed by atoms with Crippen LogP contribution in [0.1, 0.15) is 82.0 Å². The molecule has 0 aliphatic heterocycles. The molecule has 158 valence electrons. The number of hydrogen-bond donors (Lipinski definition) is 1. The van der Waals surface area contributed by atoms with Crippen LogP contribution < -0.4 is 0 Å². The maximum absolute atomic E-state index is 12.7. The Morgan fingerprint density at radius 2 is 1.66 bits per heavy atom. The third kappa shape index (κ3) is 3.07. The molecule has 0 amide bonds. The smallest absolute Gasteiger partial charge is 0.338 e. The van der Waals surface area contributed by atoms with Gasteiger partial charge in [0.2, 0.25) is 0 Å². The summed E-state index contributed by atoms with van der Waals surface area (Å²) < 4.78 is 6.12. The average molecular weight is 397 g/mol. The highest BCUT2D eigenvalue weighted by molar-refractivity contribution is 5.89. The summed E-state index contributed by atoms with van der Waals surface area (Å²) in [5.41, 5.74) is 1.20. The van der Waals surface area contributed by atoms with Gasteiger partial charge in [-0.05, 0) is 99.0 Å². The van der Waals surface area contributed by atoms with Crippen molar-refractivity contribution >= 4 is 5.97 Å². The molecule has 0 radical (unpaired) electrons. The molecule has 4 aliphatic carbocycles. The van der Waals surface area contributed by atoms with E-state index in [0.717, 1.165) is 31.1 Å². The van der Waals surface area contributed by atoms with Crippen LogP contribution in [0.3, 0.4) is 0 Å². The normalized spacial score (nSPS) is 46.3. The maximum atomic E-state index is 12.7. The molecule has 4 saturated carbocycles. The number of fused-ring (bicyclic) bond motifs is 5. The highest BCUT2D eigenvalue weighted by Gasteiger charge is 2.61. The van der Waals surface area contributed by atoms with Gasteiger partial charge in [-0.3, -0.25) is 0 Å². The van der Waals surface area contributed by atoms with Gasteiger partial charge < -0.3 is 9.84 Å². The molecule has 0 aromatic heterocycles. The third-order valence-corrected chi connectivity index (χ3v) is 9.81. The number of aliphatic hydroxyl groups is 1. The van der Waals surface area contributed by atoms with E-state index in [1.807, 2.05) is 30.3 Å². The fourth-order valence-corrected chi connectivity index (χ4v) is 8.15. The van der Waals surface area contributed by atoms with Crippen LogP contribution in [0, 0.1) is 34.5 Å². The van der Waals surface area contributed by atoms with Crippen LogP contribution in [-0.2, 0) is 4.74 Å². The highest BCUT2D eigenvalue weighted by atomic mass is 16.5. The predicted molar refractivity (Wildman–Crippen MR) is 113 cm³/mol. The van der Waals surface area contributed by atoms with Gasteiger partial charge in [-0.15, -0.1) is 0 Å². The van der Waals surface area contributed by atoms with Gasteiger partial charge in [-0.25, -0.2) is 4.79 Å². The lowest BCUT2D eigenvalue weighted by molar-refractivity contribution is -0.134. The summed E-state index contributed by atoms with van der Waals surface area (Å²) in [4.78, 5) is 12.7. The minimum absolute atomic E-state index is 0.0554. The number of ether oxygens (including phenoxy) is 1. The second-order valence-corrected chi connectivity index (χ2v) is 11.0. The minimum Gasteiger partial charge on any atom is -0.458 e. The summed E-state index contributed by atoms with van der Waals surface area (Å²) in [7, 11) is 0. The Balaban J connectivity index is 1.34. The molecule has 1 aromatic rings. The molecular formula is C26H36O3. The molecule has 0 heterocycles. The Kier molecular flexibility index (Phi) is 4.81. The molecule has 4 fully saturated rings. The van der Waals surface area contributed by atoms with Gasteiger partial charge in [-0.1, -0.05) is 32.0 Å². The quantitative estimate of drug-likeness (QED) is 0.660. The van der Waals surface area contributed by atoms with E-state index in [0.29, 0.717) is 22.8 Å². The van der Waals surface area contributed by atoms with E-state index in [1.54, 1.807) is 0 Å². The summed E-state index contributed by atoms with van der Waals surface area (Å²) in [5.74, 6) is 2.78. The molecule has 0 bridgehead atoms. The van der Waals surface area contributed by atoms with Gasteiger partial charge in [0.05, 0.1) is 11.7 Å². The highest BCUT2D eigenvalue weighted by Crippen LogP contribution is 2.66. The van der Waals surface area contributed by atoms with Crippen LogP contribution in [0.4, 0.5) is 0 Å². The molecule has 5 rings (SSSR count). The monoisotopic (exact) mass is 396 g/mol. The van der Waals surface area contributed by atoms with Crippen molar-refractivity contribution in [2.75, 3.05) is 0 Å². The summed E-state index contributed by atoms with van der Waals surface area (Å²) in [5, 5.41) is 10.2. The summed E-state index contributed by atoms with van der Waals surface area (Å²) in [6, 6.07) is 9.45. The zero-order valence-corrected chi connectivity index (χ0v) is 18.0. The lowest BCUT2D eigenvalue weighted by Crippen LogP contribution is -2.54. The molecule has 0 spiro atoms. The third-order valence-electron chi connectivity index (χ3n) is 9.81. The van der Waals surface area contributed by atoms with Gasteiger partial charge in [0.25, 0.3) is 0 Å². The molecule has 0 saturated heterocycles. The zero-order chi connectivity index (χ0) is 20.2. The first-order valence-electron chi connectivity index (χ1n) is 11.9. The van der Waals surface area contributed by atoms with Crippen LogP contribution >= 0.6 is 0 Å². The zero-order valence-electron chi connectivity index (χ0n) is 18.0. The Morgan fingerprint density at radius 1 is 0.931 bits per heavy atom. The fraction of sp³-hybridized carbons (Fsp3) is 0.731. The Morgan fingerprint density at radius 3 is 2.45 bits per heavy atom. The Bertz CT molecular complexity index is 760. The molecular weight excluding hydrogens is 360 g/mol. The minimum atomic E-state index is -0.156. The second kappa shape index (κ2) is 7.11. The number of benzene rings is 1. The first-order valence-corrected chi connectivity index (χ1v) is 11.9. The van der Waals surface area contributed by atoms with Crippen molar-refractivity contribution < 1.29 is 14.6 Å². The van der Waals surface area contributed by atoms with Crippen molar-refractivity contribution in [3.63, 3.8) is 0 Å². The molecule has 0 unspecified atom stereocenters. The van der Waals surface area contributed by atoms with E-state index < -0.39 is 0 Å². The van der Waals surface area contributed by atoms with Gasteiger partial charge >= 0.3 is 5.97 Å². The summed E-state index contributed by atoms with van der Waals surface area (Å²) in [6.45, 7) is 4.94. The van der Waals surface area contributed by atoms with E-state index in [-0.39, 0.29) is 23.6 Å². The second-order valence-electron chi connectivity index (χ2n) is 11.0. The molecule has 1 N–H and O–H groups in total. The topological polar surface area (TPSA) is 46.5 Å². The molecule has 8 atom stereocenters. The predicted octanol–water partition coefficient (Wildman–Crippen LogP) is 5.62. The van der Waals surface area contributed by atoms with Crippen molar-refractivity contribution in [2.24, 2.45) is 34.5 Å². The molecule has 29 heavy (non-hydrogen) atoms. The summed E-state index contributed by atoms with van der Waals surface area (Å²) in [6.07, 6.45) is 10.4. The maximum Gasteiger partial charge on any atom is 0.338 e. The number of rotatable bonds is 2. The number of carbonyl (C=O) groups excluding carboxylic acids is 1. The van der Waals surface area contributed by atoms with Gasteiger partial charge in [0.1, 0.15) is 6.10 Å². The first kappa shape index (κ1) is 19.6. The Labute approximate surface area is 175 Å². The fourth-order valence-electron chi connectivity index (χ4n) is 8.15. The van der Waals surface area contributed by atoms with E-state index in [4.69, 9.17) is 4.74 Å². The number of aliphatic hydroxyl groups excluding tert-OH is 1. The van der Waals surface area contributed by atoms with Gasteiger partial charge in [0, 0.05) is 5.41 Å². The SMILES string of the molecule is C[C@@]12CC[C@H]3[C@@H](CC[C@H]4C[C@H](O)CC[C@@]43C)[C@H]1CC[C@@H]2OC(=O)c1ccccc1. The van der Waals surface area contributed by atoms with Crippen molar-refractivity contribution in [3.05, 3.63) is 35.9 Å². The average Bonchev–Trinajstić information content (AvgIpc) is 3.05. The van der Waals surface area contributed by atoms with Crippen molar-refractivity contribution in [2.45, 2.75) is 83.8 Å². The lowest BCUT2D eigenvalue weighted by Gasteiger charge is -2.60. The van der Waals surface area contributed by atoms with Crippen LogP contribution in [-0.4, -0.2) is 23.3 Å². The summed E-state index contributed by atoms with van der Waals surface area (Å²) >= 11 is 0. The molecule has 1 aromatic carbocycles. The van der Waals surface area contributed by atoms with Crippen LogP contribution in [0.2, 0.25) is 0 Å². The van der Waals surface area contributed by atoms with E-state index >= 15 is 0 Å². The standard InChI is InChI=1S/C26H36O3/c1-25-14-12-19(27)16-18(25)8-9-20-21-10-11-23(26(21,2)15-13-22(20)25)29-24(28)17-6-4-3-5-7-17/h3-7,18-23,27H,8-16H2,1-2H3/t18-,19+,20-,21+,22-,23-,25-,26+/m0/s1. The van der Waals surface area contributed by atoms with Crippen molar-refractivity contribution in [1.29, 1.82) is 0 Å². The molecule has 4 aliphatic rings. The largest absolute Gasteiger partial charge is 0.458 e. The number of esters is 1. The number of hydrogen-bond acceptors (Lipinski definition) is 3. The van der Waals surface area contributed by atoms with Crippen molar-refractivity contribution in [3.8, 4) is 0 Å².